The van der Waals surface area contributed by atoms with Crippen LogP contribution in [0.1, 0.15) is 11.0 Å². The van der Waals surface area contributed by atoms with Crippen LogP contribution >= 0.6 is 22.9 Å². The van der Waals surface area contributed by atoms with Crippen molar-refractivity contribution in [2.45, 2.75) is 12.3 Å². The third kappa shape index (κ3) is 2.12. The summed E-state index contributed by atoms with van der Waals surface area (Å²) >= 11 is 6.11. The van der Waals surface area contributed by atoms with Crippen molar-refractivity contribution >= 4 is 22.9 Å². The van der Waals surface area contributed by atoms with Gasteiger partial charge in [-0.25, -0.2) is 0 Å². The molecule has 0 radical (unpaired) electrons. The molecule has 0 fully saturated rings. The summed E-state index contributed by atoms with van der Waals surface area (Å²) in [5.74, 6) is 0. The summed E-state index contributed by atoms with van der Waals surface area (Å²) in [7, 11) is 0. The highest BCUT2D eigenvalue weighted by Crippen LogP contribution is 2.36. The largest absolute Gasteiger partial charge is 0.419 e. The molecule has 1 heterocycles. The predicted octanol–water partition coefficient (Wildman–Crippen LogP) is 3.00. The molecule has 1 N–H and O–H groups in total. The first-order valence-corrected chi connectivity index (χ1v) is 4.10. The second-order valence-electron chi connectivity index (χ2n) is 2.09. The van der Waals surface area contributed by atoms with Gasteiger partial charge in [0.15, 0.2) is 6.10 Å². The highest BCUT2D eigenvalue weighted by Gasteiger charge is 2.40. The van der Waals surface area contributed by atoms with Crippen molar-refractivity contribution in [2.75, 3.05) is 0 Å². The van der Waals surface area contributed by atoms with Crippen molar-refractivity contribution in [1.29, 1.82) is 0 Å². The van der Waals surface area contributed by atoms with Gasteiger partial charge in [0.1, 0.15) is 0 Å². The Balaban J connectivity index is 2.85. The number of aliphatic hydroxyl groups excluding tert-OH is 1. The molecule has 1 aromatic rings. The highest BCUT2D eigenvalue weighted by molar-refractivity contribution is 7.16. The van der Waals surface area contributed by atoms with E-state index in [9.17, 15) is 13.2 Å². The van der Waals surface area contributed by atoms with E-state index in [1.165, 1.54) is 6.07 Å². The van der Waals surface area contributed by atoms with Gasteiger partial charge in [-0.1, -0.05) is 11.6 Å². The Labute approximate surface area is 75.4 Å². The van der Waals surface area contributed by atoms with E-state index >= 15 is 0 Å². The monoisotopic (exact) mass is 216 g/mol. The molecule has 1 rings (SSSR count). The number of alkyl halides is 3. The minimum absolute atomic E-state index is 0.187. The Bertz CT molecular complexity index is 270. The van der Waals surface area contributed by atoms with E-state index in [-0.39, 0.29) is 9.21 Å². The van der Waals surface area contributed by atoms with Crippen LogP contribution in [0, 0.1) is 0 Å². The van der Waals surface area contributed by atoms with Gasteiger partial charge in [0.05, 0.1) is 4.34 Å². The van der Waals surface area contributed by atoms with E-state index in [1.807, 2.05) is 0 Å². The first-order valence-electron chi connectivity index (χ1n) is 2.91. The molecule has 1 atom stereocenters. The van der Waals surface area contributed by atoms with Crippen LogP contribution in [0.3, 0.4) is 0 Å². The molecule has 0 aliphatic carbocycles. The Morgan fingerprint density at radius 2 is 2.00 bits per heavy atom. The van der Waals surface area contributed by atoms with Crippen LogP contribution in [-0.4, -0.2) is 11.3 Å². The first kappa shape index (κ1) is 9.83. The summed E-state index contributed by atoms with van der Waals surface area (Å²) in [5.41, 5.74) is 0. The molecule has 0 aliphatic heterocycles. The first-order chi connectivity index (χ1) is 5.41. The Morgan fingerprint density at radius 3 is 2.33 bits per heavy atom. The SMILES string of the molecule is O[C@@H](c1ccc(Cl)s1)C(F)(F)F. The molecule has 0 bridgehead atoms. The Hall–Kier alpha value is -0.260. The third-order valence-corrected chi connectivity index (χ3v) is 2.46. The summed E-state index contributed by atoms with van der Waals surface area (Å²) in [6, 6.07) is 2.47. The summed E-state index contributed by atoms with van der Waals surface area (Å²) < 4.78 is 35.8. The van der Waals surface area contributed by atoms with E-state index < -0.39 is 12.3 Å². The average Bonchev–Trinajstić information content (AvgIpc) is 2.32. The minimum Gasteiger partial charge on any atom is -0.379 e. The van der Waals surface area contributed by atoms with Gasteiger partial charge in [-0.2, -0.15) is 13.2 Å². The second kappa shape index (κ2) is 3.24. The number of rotatable bonds is 1. The van der Waals surface area contributed by atoms with Crippen molar-refractivity contribution in [1.82, 2.24) is 0 Å². The molecule has 6 heteroatoms. The summed E-state index contributed by atoms with van der Waals surface area (Å²) in [6.45, 7) is 0. The molecule has 0 amide bonds. The van der Waals surface area contributed by atoms with Crippen LogP contribution in [0.2, 0.25) is 4.34 Å². The lowest BCUT2D eigenvalue weighted by molar-refractivity contribution is -0.205. The van der Waals surface area contributed by atoms with E-state index in [0.29, 0.717) is 0 Å². The van der Waals surface area contributed by atoms with Crippen LogP contribution in [0.5, 0.6) is 0 Å². The van der Waals surface area contributed by atoms with E-state index in [2.05, 4.69) is 0 Å². The number of thiophene rings is 1. The fraction of sp³-hybridized carbons (Fsp3) is 0.333. The van der Waals surface area contributed by atoms with Crippen molar-refractivity contribution in [2.24, 2.45) is 0 Å². The molecule has 0 unspecified atom stereocenters. The van der Waals surface area contributed by atoms with Gasteiger partial charge in [-0.05, 0) is 12.1 Å². The van der Waals surface area contributed by atoms with Crippen LogP contribution in [-0.2, 0) is 0 Å². The quantitative estimate of drug-likeness (QED) is 0.765. The maximum absolute atomic E-state index is 11.9. The molecule has 1 aromatic heterocycles. The number of aliphatic hydroxyl groups is 1. The number of halogens is 4. The van der Waals surface area contributed by atoms with Crippen molar-refractivity contribution in [3.63, 3.8) is 0 Å². The Kier molecular flexibility index (Phi) is 2.65. The molecule has 0 saturated heterocycles. The van der Waals surface area contributed by atoms with Gasteiger partial charge < -0.3 is 5.11 Å². The highest BCUT2D eigenvalue weighted by atomic mass is 35.5. The summed E-state index contributed by atoms with van der Waals surface area (Å²) in [6.07, 6.45) is -7.04. The molecular weight excluding hydrogens is 213 g/mol. The number of hydrogen-bond donors (Lipinski definition) is 1. The second-order valence-corrected chi connectivity index (χ2v) is 3.83. The molecule has 68 valence electrons. The van der Waals surface area contributed by atoms with Gasteiger partial charge >= 0.3 is 6.18 Å². The fourth-order valence-electron chi connectivity index (χ4n) is 0.637. The molecule has 12 heavy (non-hydrogen) atoms. The lowest BCUT2D eigenvalue weighted by atomic mass is 10.3. The third-order valence-electron chi connectivity index (χ3n) is 1.17. The maximum Gasteiger partial charge on any atom is 0.419 e. The molecule has 0 saturated carbocycles. The zero-order valence-corrected chi connectivity index (χ0v) is 7.17. The smallest absolute Gasteiger partial charge is 0.379 e. The zero-order chi connectivity index (χ0) is 9.35. The van der Waals surface area contributed by atoms with Crippen LogP contribution in [0.4, 0.5) is 13.2 Å². The van der Waals surface area contributed by atoms with Gasteiger partial charge in [-0.15, -0.1) is 11.3 Å². The van der Waals surface area contributed by atoms with Crippen LogP contribution < -0.4 is 0 Å². The molecular formula is C6H4ClF3OS. The van der Waals surface area contributed by atoms with Crippen molar-refractivity contribution in [3.05, 3.63) is 21.3 Å². The van der Waals surface area contributed by atoms with E-state index in [1.54, 1.807) is 0 Å². The normalized spacial score (nSPS) is 14.8. The predicted molar refractivity (Wildman–Crippen MR) is 40.3 cm³/mol. The fourth-order valence-corrected chi connectivity index (χ4v) is 1.71. The van der Waals surface area contributed by atoms with Gasteiger partial charge in [-0.3, -0.25) is 0 Å². The van der Waals surface area contributed by atoms with Gasteiger partial charge in [0.2, 0.25) is 0 Å². The molecule has 0 spiro atoms. The van der Waals surface area contributed by atoms with Crippen LogP contribution in [0.25, 0.3) is 0 Å². The summed E-state index contributed by atoms with van der Waals surface area (Å²) in [5, 5.41) is 8.70. The minimum atomic E-state index is -4.62. The molecule has 0 aliphatic rings. The average molecular weight is 217 g/mol. The van der Waals surface area contributed by atoms with E-state index in [0.717, 1.165) is 17.4 Å². The lowest BCUT2D eigenvalue weighted by Gasteiger charge is -2.11. The molecule has 1 nitrogen and oxygen atoms in total. The van der Waals surface area contributed by atoms with E-state index in [4.69, 9.17) is 16.7 Å². The van der Waals surface area contributed by atoms with Crippen molar-refractivity contribution < 1.29 is 18.3 Å². The summed E-state index contributed by atoms with van der Waals surface area (Å²) in [4.78, 5) is -0.187. The topological polar surface area (TPSA) is 20.2 Å². The van der Waals surface area contributed by atoms with Crippen molar-refractivity contribution in [3.8, 4) is 0 Å². The lowest BCUT2D eigenvalue weighted by Crippen LogP contribution is -2.18. The van der Waals surface area contributed by atoms with Gasteiger partial charge in [0, 0.05) is 4.88 Å². The standard InChI is InChI=1S/C6H4ClF3OS/c7-4-2-1-3(12-4)5(11)6(8,9)10/h1-2,5,11H/t5-/m0/s1. The Morgan fingerprint density at radius 1 is 1.42 bits per heavy atom. The maximum atomic E-state index is 11.9. The van der Waals surface area contributed by atoms with Gasteiger partial charge in [0.25, 0.3) is 0 Å². The zero-order valence-electron chi connectivity index (χ0n) is 5.60. The van der Waals surface area contributed by atoms with Crippen LogP contribution in [0.15, 0.2) is 12.1 Å². The number of hydrogen-bond acceptors (Lipinski definition) is 2. The molecule has 0 aromatic carbocycles.